The van der Waals surface area contributed by atoms with Crippen LogP contribution in [0.5, 0.6) is 0 Å². The molecule has 1 amide bonds. The number of nitrogens with two attached hydrogens (primary N) is 1. The quantitative estimate of drug-likeness (QED) is 0.530. The van der Waals surface area contributed by atoms with E-state index >= 15 is 0 Å². The second kappa shape index (κ2) is 3.99. The standard InChI is InChI=1S/C8H12N2O/c9-6-8(11)10-7-4-2-1-3-5-7/h7H,1-2,4,6,9H2,(H,10,11). The van der Waals surface area contributed by atoms with E-state index in [0.717, 1.165) is 19.3 Å². The maximum atomic E-state index is 10.8. The van der Waals surface area contributed by atoms with Gasteiger partial charge in [0.1, 0.15) is 0 Å². The molecule has 1 rings (SSSR count). The van der Waals surface area contributed by atoms with Gasteiger partial charge in [0, 0.05) is 6.42 Å². The first-order chi connectivity index (χ1) is 5.33. The van der Waals surface area contributed by atoms with Crippen molar-refractivity contribution in [1.82, 2.24) is 5.32 Å². The number of hydrogen-bond acceptors (Lipinski definition) is 2. The molecule has 0 aromatic carbocycles. The Labute approximate surface area is 66.3 Å². The summed E-state index contributed by atoms with van der Waals surface area (Å²) >= 11 is 0. The van der Waals surface area contributed by atoms with Gasteiger partial charge in [-0.3, -0.25) is 4.79 Å². The molecule has 3 nitrogen and oxygen atoms in total. The monoisotopic (exact) mass is 152 g/mol. The van der Waals surface area contributed by atoms with E-state index in [1.807, 2.05) is 0 Å². The molecule has 1 unspecified atom stereocenters. The van der Waals surface area contributed by atoms with Crippen LogP contribution in [0.25, 0.3) is 0 Å². The predicted octanol–water partition coefficient (Wildman–Crippen LogP) is -0.383. The summed E-state index contributed by atoms with van der Waals surface area (Å²) in [6.45, 7) is 0.0537. The Morgan fingerprint density at radius 1 is 1.73 bits per heavy atom. The van der Waals surface area contributed by atoms with Gasteiger partial charge in [-0.05, 0) is 12.8 Å². The van der Waals surface area contributed by atoms with Gasteiger partial charge in [0.25, 0.3) is 0 Å². The summed E-state index contributed by atoms with van der Waals surface area (Å²) in [5.41, 5.74) is 5.13. The average molecular weight is 152 g/mol. The van der Waals surface area contributed by atoms with E-state index in [1.54, 1.807) is 0 Å². The van der Waals surface area contributed by atoms with Gasteiger partial charge in [0.05, 0.1) is 12.6 Å². The highest BCUT2D eigenvalue weighted by molar-refractivity contribution is 5.78. The van der Waals surface area contributed by atoms with Crippen molar-refractivity contribution >= 4 is 5.91 Å². The molecule has 1 aliphatic rings. The molecule has 0 fully saturated rings. The molecule has 3 heteroatoms. The number of nitrogens with one attached hydrogen (secondary N) is 1. The molecular weight excluding hydrogens is 140 g/mol. The summed E-state index contributed by atoms with van der Waals surface area (Å²) < 4.78 is 0. The highest BCUT2D eigenvalue weighted by Crippen LogP contribution is 2.03. The highest BCUT2D eigenvalue weighted by Gasteiger charge is 2.09. The van der Waals surface area contributed by atoms with Crippen LogP contribution in [0.1, 0.15) is 19.3 Å². The summed E-state index contributed by atoms with van der Waals surface area (Å²) in [5.74, 6) is 5.79. The molecule has 0 radical (unpaired) electrons. The third kappa shape index (κ3) is 2.60. The van der Waals surface area contributed by atoms with Gasteiger partial charge in [-0.25, -0.2) is 0 Å². The lowest BCUT2D eigenvalue weighted by atomic mass is 10.1. The molecule has 0 saturated carbocycles. The molecule has 3 N–H and O–H groups in total. The Morgan fingerprint density at radius 2 is 2.55 bits per heavy atom. The van der Waals surface area contributed by atoms with E-state index in [1.165, 1.54) is 0 Å². The van der Waals surface area contributed by atoms with Crippen LogP contribution in [0, 0.1) is 11.8 Å². The lowest BCUT2D eigenvalue weighted by Crippen LogP contribution is -2.38. The highest BCUT2D eigenvalue weighted by atomic mass is 16.1. The number of amides is 1. The molecule has 0 heterocycles. The van der Waals surface area contributed by atoms with Crippen molar-refractivity contribution in [2.24, 2.45) is 5.73 Å². The molecule has 1 atom stereocenters. The third-order valence-electron chi connectivity index (χ3n) is 1.59. The van der Waals surface area contributed by atoms with Crippen LogP contribution in [0.4, 0.5) is 0 Å². The van der Waals surface area contributed by atoms with Gasteiger partial charge >= 0.3 is 0 Å². The summed E-state index contributed by atoms with van der Waals surface area (Å²) in [6.07, 6.45) is 2.98. The maximum Gasteiger partial charge on any atom is 0.234 e. The van der Waals surface area contributed by atoms with E-state index in [-0.39, 0.29) is 18.5 Å². The second-order valence-electron chi connectivity index (χ2n) is 2.54. The molecule has 0 aliphatic heterocycles. The van der Waals surface area contributed by atoms with Crippen molar-refractivity contribution in [2.75, 3.05) is 6.54 Å². The normalized spacial score (nSPS) is 21.7. The fourth-order valence-corrected chi connectivity index (χ4v) is 1.02. The molecule has 0 aromatic heterocycles. The fraction of sp³-hybridized carbons (Fsp3) is 0.625. The molecule has 1 aliphatic carbocycles. The van der Waals surface area contributed by atoms with Gasteiger partial charge in [-0.2, -0.15) is 0 Å². The van der Waals surface area contributed by atoms with Gasteiger partial charge < -0.3 is 11.1 Å². The summed E-state index contributed by atoms with van der Waals surface area (Å²) in [4.78, 5) is 10.8. The minimum absolute atomic E-state index is 0.0415. The van der Waals surface area contributed by atoms with Crippen LogP contribution in [-0.2, 0) is 4.79 Å². The predicted molar refractivity (Wildman–Crippen MR) is 42.6 cm³/mol. The average Bonchev–Trinajstić information content (AvgIpc) is 2.06. The maximum absolute atomic E-state index is 10.8. The van der Waals surface area contributed by atoms with Crippen molar-refractivity contribution in [1.29, 1.82) is 0 Å². The van der Waals surface area contributed by atoms with Gasteiger partial charge in [0.2, 0.25) is 5.91 Å². The summed E-state index contributed by atoms with van der Waals surface area (Å²) in [7, 11) is 0. The Kier molecular flexibility index (Phi) is 2.94. The molecule has 0 spiro atoms. The van der Waals surface area contributed by atoms with Gasteiger partial charge in [-0.15, -0.1) is 5.92 Å². The first kappa shape index (κ1) is 8.09. The Morgan fingerprint density at radius 3 is 3.09 bits per heavy atom. The zero-order valence-corrected chi connectivity index (χ0v) is 6.39. The lowest BCUT2D eigenvalue weighted by Gasteiger charge is -2.13. The topological polar surface area (TPSA) is 55.1 Å². The minimum atomic E-state index is -0.119. The molecule has 60 valence electrons. The van der Waals surface area contributed by atoms with E-state index in [4.69, 9.17) is 5.73 Å². The lowest BCUT2D eigenvalue weighted by molar-refractivity contribution is -0.120. The molecule has 0 aromatic rings. The summed E-state index contributed by atoms with van der Waals surface area (Å²) in [5, 5.41) is 2.73. The summed E-state index contributed by atoms with van der Waals surface area (Å²) in [6, 6.07) is 0.0415. The van der Waals surface area contributed by atoms with Crippen LogP contribution in [-0.4, -0.2) is 18.5 Å². The van der Waals surface area contributed by atoms with Crippen molar-refractivity contribution in [3.63, 3.8) is 0 Å². The van der Waals surface area contributed by atoms with Gasteiger partial charge in [-0.1, -0.05) is 5.92 Å². The number of carbonyl (C=O) groups excluding carboxylic acids is 1. The zero-order valence-electron chi connectivity index (χ0n) is 6.39. The molecular formula is C8H12N2O. The van der Waals surface area contributed by atoms with E-state index < -0.39 is 0 Å². The number of hydrogen-bond donors (Lipinski definition) is 2. The molecule has 0 saturated heterocycles. The van der Waals surface area contributed by atoms with Crippen molar-refractivity contribution in [2.45, 2.75) is 25.3 Å². The van der Waals surface area contributed by atoms with Crippen LogP contribution in [0.15, 0.2) is 0 Å². The molecule has 11 heavy (non-hydrogen) atoms. The van der Waals surface area contributed by atoms with Crippen molar-refractivity contribution in [3.8, 4) is 11.8 Å². The van der Waals surface area contributed by atoms with Gasteiger partial charge in [0.15, 0.2) is 0 Å². The van der Waals surface area contributed by atoms with Crippen LogP contribution in [0.3, 0.4) is 0 Å². The van der Waals surface area contributed by atoms with E-state index in [2.05, 4.69) is 17.2 Å². The first-order valence-corrected chi connectivity index (χ1v) is 3.81. The first-order valence-electron chi connectivity index (χ1n) is 3.81. The smallest absolute Gasteiger partial charge is 0.234 e. The Bertz CT molecular complexity index is 202. The van der Waals surface area contributed by atoms with Crippen molar-refractivity contribution in [3.05, 3.63) is 0 Å². The largest absolute Gasteiger partial charge is 0.341 e. The Hall–Kier alpha value is -1.01. The van der Waals surface area contributed by atoms with E-state index in [9.17, 15) is 4.79 Å². The number of carbonyl (C=O) groups is 1. The molecule has 0 bridgehead atoms. The third-order valence-corrected chi connectivity index (χ3v) is 1.59. The van der Waals surface area contributed by atoms with Crippen molar-refractivity contribution < 1.29 is 4.79 Å². The van der Waals surface area contributed by atoms with Crippen LogP contribution < -0.4 is 11.1 Å². The minimum Gasteiger partial charge on any atom is -0.341 e. The zero-order chi connectivity index (χ0) is 8.10. The number of rotatable bonds is 2. The Balaban J connectivity index is 2.34. The van der Waals surface area contributed by atoms with Crippen LogP contribution in [0.2, 0.25) is 0 Å². The fourth-order valence-electron chi connectivity index (χ4n) is 1.02. The second-order valence-corrected chi connectivity index (χ2v) is 2.54. The SMILES string of the molecule is NCC(=O)NC1C#CCCC1. The van der Waals surface area contributed by atoms with E-state index in [0.29, 0.717) is 0 Å². The van der Waals surface area contributed by atoms with Crippen LogP contribution >= 0.6 is 0 Å².